The SMILES string of the molecule is CCCCOc1cc(N(CC)CC)ccc1C1(c2c(C)n(CCC(C)C)c3ccccc23)OC(=O)c2ncccc21. The highest BCUT2D eigenvalue weighted by atomic mass is 16.6. The number of para-hydroxylation sites is 1. The molecule has 0 aliphatic carbocycles. The van der Waals surface area contributed by atoms with Crippen LogP contribution in [0.1, 0.15) is 86.8 Å². The molecule has 1 aliphatic heterocycles. The van der Waals surface area contributed by atoms with Crippen molar-refractivity contribution in [3.63, 3.8) is 0 Å². The van der Waals surface area contributed by atoms with Crippen molar-refractivity contribution in [2.45, 2.75) is 73.0 Å². The van der Waals surface area contributed by atoms with E-state index in [1.54, 1.807) is 6.20 Å². The van der Waals surface area contributed by atoms with Gasteiger partial charge in [-0.2, -0.15) is 0 Å². The molecule has 0 spiro atoms. The highest BCUT2D eigenvalue weighted by Gasteiger charge is 2.53. The van der Waals surface area contributed by atoms with Gasteiger partial charge in [0.1, 0.15) is 5.75 Å². The van der Waals surface area contributed by atoms with Crippen LogP contribution in [0.5, 0.6) is 5.75 Å². The monoisotopic (exact) mass is 553 g/mol. The standard InChI is InChI=1S/C35H43N3O3/c1-7-10-22-40-31-23-26(37(8-2)9-3)17-18-28(31)35(29-15-13-20-36-33(29)34(39)41-35)32-25(6)38(21-19-24(4)5)30-16-12-11-14-27(30)32/h11-18,20,23-24H,7-10,19,21-22H2,1-6H3. The largest absolute Gasteiger partial charge is 0.493 e. The van der Waals surface area contributed by atoms with Gasteiger partial charge in [-0.15, -0.1) is 0 Å². The Hall–Kier alpha value is -3.80. The molecular formula is C35H43N3O3. The number of pyridine rings is 1. The zero-order valence-corrected chi connectivity index (χ0v) is 25.4. The molecule has 0 radical (unpaired) electrons. The maximum Gasteiger partial charge on any atom is 0.358 e. The van der Waals surface area contributed by atoms with Gasteiger partial charge < -0.3 is 18.9 Å². The molecule has 216 valence electrons. The molecule has 41 heavy (non-hydrogen) atoms. The van der Waals surface area contributed by atoms with Crippen LogP contribution in [-0.4, -0.2) is 35.2 Å². The topological polar surface area (TPSA) is 56.6 Å². The average molecular weight is 554 g/mol. The number of anilines is 1. The number of rotatable bonds is 12. The number of fused-ring (bicyclic) bond motifs is 2. The van der Waals surface area contributed by atoms with Crippen LogP contribution in [-0.2, 0) is 16.9 Å². The Kier molecular flexibility index (Phi) is 8.39. The van der Waals surface area contributed by atoms with E-state index in [0.717, 1.165) is 83.6 Å². The summed E-state index contributed by atoms with van der Waals surface area (Å²) in [5.41, 5.74) is 5.05. The van der Waals surface area contributed by atoms with Gasteiger partial charge in [0.05, 0.1) is 6.61 Å². The van der Waals surface area contributed by atoms with Crippen LogP contribution in [0, 0.1) is 12.8 Å². The number of ether oxygens (including phenoxy) is 2. The smallest absolute Gasteiger partial charge is 0.358 e. The second-order valence-corrected chi connectivity index (χ2v) is 11.3. The lowest BCUT2D eigenvalue weighted by molar-refractivity contribution is 0.0243. The molecule has 1 atom stereocenters. The van der Waals surface area contributed by atoms with Crippen molar-refractivity contribution in [2.75, 3.05) is 24.6 Å². The number of benzene rings is 2. The fourth-order valence-electron chi connectivity index (χ4n) is 6.20. The van der Waals surface area contributed by atoms with Crippen molar-refractivity contribution in [1.29, 1.82) is 0 Å². The van der Waals surface area contributed by atoms with Crippen LogP contribution >= 0.6 is 0 Å². The summed E-state index contributed by atoms with van der Waals surface area (Å²) < 4.78 is 15.6. The highest BCUT2D eigenvalue weighted by Crippen LogP contribution is 2.53. The summed E-state index contributed by atoms with van der Waals surface area (Å²) in [6, 6.07) is 18.7. The zero-order chi connectivity index (χ0) is 29.1. The predicted octanol–water partition coefficient (Wildman–Crippen LogP) is 7.88. The first-order chi connectivity index (χ1) is 19.9. The number of carbonyl (C=O) groups is 1. The van der Waals surface area contributed by atoms with Gasteiger partial charge in [-0.05, 0) is 63.8 Å². The Balaban J connectivity index is 1.84. The van der Waals surface area contributed by atoms with Crippen molar-refractivity contribution >= 4 is 22.6 Å². The molecule has 1 unspecified atom stereocenters. The predicted molar refractivity (Wildman–Crippen MR) is 166 cm³/mol. The molecule has 2 aromatic carbocycles. The molecule has 4 aromatic rings. The van der Waals surface area contributed by atoms with E-state index in [2.05, 4.69) is 98.5 Å². The van der Waals surface area contributed by atoms with Gasteiger partial charge in [0.15, 0.2) is 11.3 Å². The van der Waals surface area contributed by atoms with E-state index < -0.39 is 11.6 Å². The second-order valence-electron chi connectivity index (χ2n) is 11.3. The fraction of sp³-hybridized carbons (Fsp3) is 0.429. The van der Waals surface area contributed by atoms with Crippen molar-refractivity contribution in [3.8, 4) is 5.75 Å². The fourth-order valence-corrected chi connectivity index (χ4v) is 6.20. The Labute approximate surface area is 244 Å². The van der Waals surface area contributed by atoms with Crippen LogP contribution in [0.2, 0.25) is 0 Å². The number of aryl methyl sites for hydroxylation is 1. The van der Waals surface area contributed by atoms with E-state index in [1.165, 1.54) is 0 Å². The molecule has 0 bridgehead atoms. The van der Waals surface area contributed by atoms with Gasteiger partial charge in [0.25, 0.3) is 0 Å². The number of hydrogen-bond donors (Lipinski definition) is 0. The van der Waals surface area contributed by atoms with E-state index >= 15 is 0 Å². The van der Waals surface area contributed by atoms with Crippen molar-refractivity contribution in [1.82, 2.24) is 9.55 Å². The lowest BCUT2D eigenvalue weighted by Gasteiger charge is -2.33. The molecule has 3 heterocycles. The van der Waals surface area contributed by atoms with Gasteiger partial charge in [-0.3, -0.25) is 0 Å². The summed E-state index contributed by atoms with van der Waals surface area (Å²) in [5, 5.41) is 1.07. The summed E-state index contributed by atoms with van der Waals surface area (Å²) in [7, 11) is 0. The number of cyclic esters (lactones) is 1. The first-order valence-electron chi connectivity index (χ1n) is 15.2. The Morgan fingerprint density at radius 3 is 2.54 bits per heavy atom. The average Bonchev–Trinajstić information content (AvgIpc) is 3.43. The molecule has 1 aliphatic rings. The molecule has 0 saturated heterocycles. The Morgan fingerprint density at radius 1 is 1.02 bits per heavy atom. The molecule has 0 saturated carbocycles. The summed E-state index contributed by atoms with van der Waals surface area (Å²) >= 11 is 0. The van der Waals surface area contributed by atoms with Gasteiger partial charge in [-0.1, -0.05) is 51.5 Å². The van der Waals surface area contributed by atoms with Crippen LogP contribution in [0.3, 0.4) is 0 Å². The number of nitrogens with zero attached hydrogens (tertiary/aromatic N) is 3. The second kappa shape index (κ2) is 12.0. The van der Waals surface area contributed by atoms with Crippen molar-refractivity contribution in [3.05, 3.63) is 88.9 Å². The lowest BCUT2D eigenvalue weighted by Crippen LogP contribution is -2.31. The lowest BCUT2D eigenvalue weighted by atomic mass is 9.78. The Bertz CT molecular complexity index is 1540. The van der Waals surface area contributed by atoms with E-state index in [-0.39, 0.29) is 0 Å². The Morgan fingerprint density at radius 2 is 1.80 bits per heavy atom. The minimum Gasteiger partial charge on any atom is -0.493 e. The number of aromatic nitrogens is 2. The molecule has 2 aromatic heterocycles. The maximum absolute atomic E-state index is 13.6. The third-order valence-corrected chi connectivity index (χ3v) is 8.37. The minimum absolute atomic E-state index is 0.359. The molecule has 0 fully saturated rings. The van der Waals surface area contributed by atoms with Crippen LogP contribution in [0.15, 0.2) is 60.8 Å². The number of carbonyl (C=O) groups excluding carboxylic acids is 1. The molecule has 5 rings (SSSR count). The van der Waals surface area contributed by atoms with Crippen LogP contribution < -0.4 is 9.64 Å². The highest BCUT2D eigenvalue weighted by molar-refractivity contribution is 5.97. The van der Waals surface area contributed by atoms with E-state index in [1.807, 2.05) is 12.1 Å². The van der Waals surface area contributed by atoms with E-state index in [0.29, 0.717) is 18.2 Å². The summed E-state index contributed by atoms with van der Waals surface area (Å²) in [4.78, 5) is 20.4. The summed E-state index contributed by atoms with van der Waals surface area (Å²) in [6.45, 7) is 16.4. The molecular weight excluding hydrogens is 510 g/mol. The summed E-state index contributed by atoms with van der Waals surface area (Å²) in [5.74, 6) is 0.894. The number of unbranched alkanes of at least 4 members (excludes halogenated alkanes) is 1. The summed E-state index contributed by atoms with van der Waals surface area (Å²) in [6.07, 6.45) is 4.68. The van der Waals surface area contributed by atoms with Gasteiger partial charge in [-0.25, -0.2) is 9.78 Å². The minimum atomic E-state index is -1.20. The van der Waals surface area contributed by atoms with Crippen LogP contribution in [0.25, 0.3) is 10.9 Å². The van der Waals surface area contributed by atoms with Gasteiger partial charge >= 0.3 is 5.97 Å². The zero-order valence-electron chi connectivity index (χ0n) is 25.4. The van der Waals surface area contributed by atoms with Crippen molar-refractivity contribution < 1.29 is 14.3 Å². The molecule has 6 nitrogen and oxygen atoms in total. The van der Waals surface area contributed by atoms with E-state index in [4.69, 9.17) is 9.47 Å². The van der Waals surface area contributed by atoms with Gasteiger partial charge in [0, 0.05) is 70.9 Å². The van der Waals surface area contributed by atoms with Crippen molar-refractivity contribution in [2.24, 2.45) is 5.92 Å². The number of hydrogen-bond acceptors (Lipinski definition) is 5. The van der Waals surface area contributed by atoms with Gasteiger partial charge in [0.2, 0.25) is 0 Å². The molecule has 6 heteroatoms. The first kappa shape index (κ1) is 28.7. The normalized spacial score (nSPS) is 16.3. The third-order valence-electron chi connectivity index (χ3n) is 8.37. The number of esters is 1. The first-order valence-corrected chi connectivity index (χ1v) is 15.2. The molecule has 0 N–H and O–H groups in total. The molecule has 0 amide bonds. The quantitative estimate of drug-likeness (QED) is 0.132. The van der Waals surface area contributed by atoms with Crippen LogP contribution in [0.4, 0.5) is 5.69 Å². The third kappa shape index (κ3) is 4.98. The van der Waals surface area contributed by atoms with E-state index in [9.17, 15) is 4.79 Å². The maximum atomic E-state index is 13.6.